The van der Waals surface area contributed by atoms with Gasteiger partial charge >= 0.3 is 0 Å². The lowest BCUT2D eigenvalue weighted by Gasteiger charge is -2.21. The van der Waals surface area contributed by atoms with Crippen LogP contribution in [0, 0.1) is 11.3 Å². The van der Waals surface area contributed by atoms with Crippen LogP contribution in [-0.2, 0) is 0 Å². The molecule has 0 fully saturated rings. The standard InChI is InChI=1S/C15H23N3/c1-12(9-10-18(3)4)17-13(2)15-7-5-14(11-16)6-8-15/h5-8,12-13,17H,9-10H2,1-4H3. The highest BCUT2D eigenvalue weighted by Crippen LogP contribution is 2.14. The van der Waals surface area contributed by atoms with Crippen LogP contribution in [0.2, 0.25) is 0 Å². The summed E-state index contributed by atoms with van der Waals surface area (Å²) in [6.07, 6.45) is 1.13. The number of hydrogen-bond acceptors (Lipinski definition) is 3. The van der Waals surface area contributed by atoms with Crippen LogP contribution in [0.15, 0.2) is 24.3 Å². The summed E-state index contributed by atoms with van der Waals surface area (Å²) >= 11 is 0. The molecule has 0 aliphatic carbocycles. The molecule has 0 aromatic heterocycles. The van der Waals surface area contributed by atoms with Gasteiger partial charge < -0.3 is 10.2 Å². The van der Waals surface area contributed by atoms with Crippen molar-refractivity contribution in [1.82, 2.24) is 10.2 Å². The first-order chi connectivity index (χ1) is 8.52. The van der Waals surface area contributed by atoms with E-state index in [-0.39, 0.29) is 0 Å². The van der Waals surface area contributed by atoms with E-state index < -0.39 is 0 Å². The molecule has 98 valence electrons. The van der Waals surface area contributed by atoms with Crippen LogP contribution >= 0.6 is 0 Å². The van der Waals surface area contributed by atoms with Gasteiger partial charge in [0.05, 0.1) is 11.6 Å². The van der Waals surface area contributed by atoms with Crippen LogP contribution in [0.5, 0.6) is 0 Å². The van der Waals surface area contributed by atoms with Crippen LogP contribution in [0.25, 0.3) is 0 Å². The molecule has 0 amide bonds. The fraction of sp³-hybridized carbons (Fsp3) is 0.533. The van der Waals surface area contributed by atoms with Gasteiger partial charge in [-0.05, 0) is 58.6 Å². The normalized spacial score (nSPS) is 14.2. The zero-order valence-corrected chi connectivity index (χ0v) is 11.8. The zero-order chi connectivity index (χ0) is 13.5. The van der Waals surface area contributed by atoms with Crippen LogP contribution in [0.3, 0.4) is 0 Å². The van der Waals surface area contributed by atoms with Gasteiger partial charge in [-0.15, -0.1) is 0 Å². The van der Waals surface area contributed by atoms with Crippen LogP contribution in [0.4, 0.5) is 0 Å². The second-order valence-electron chi connectivity index (χ2n) is 5.12. The average molecular weight is 245 g/mol. The van der Waals surface area contributed by atoms with Crippen LogP contribution in [0.1, 0.15) is 37.4 Å². The number of hydrogen-bond donors (Lipinski definition) is 1. The minimum atomic E-state index is 0.315. The van der Waals surface area contributed by atoms with E-state index in [1.807, 2.05) is 24.3 Å². The summed E-state index contributed by atoms with van der Waals surface area (Å²) in [5, 5.41) is 12.3. The van der Waals surface area contributed by atoms with Gasteiger partial charge in [-0.25, -0.2) is 0 Å². The van der Waals surface area contributed by atoms with Crippen molar-refractivity contribution in [2.75, 3.05) is 20.6 Å². The average Bonchev–Trinajstić information content (AvgIpc) is 2.36. The molecule has 3 heteroatoms. The van der Waals surface area contributed by atoms with Crippen LogP contribution in [-0.4, -0.2) is 31.6 Å². The Morgan fingerprint density at radius 2 is 1.83 bits per heavy atom. The first kappa shape index (κ1) is 14.7. The van der Waals surface area contributed by atoms with E-state index in [4.69, 9.17) is 5.26 Å². The summed E-state index contributed by atoms with van der Waals surface area (Å²) in [6.45, 7) is 5.46. The summed E-state index contributed by atoms with van der Waals surface area (Å²) in [4.78, 5) is 2.20. The van der Waals surface area contributed by atoms with Gasteiger partial charge in [0.1, 0.15) is 0 Å². The molecule has 0 heterocycles. The minimum Gasteiger partial charge on any atom is -0.309 e. The van der Waals surface area contributed by atoms with E-state index in [0.29, 0.717) is 17.6 Å². The molecule has 0 bridgehead atoms. The van der Waals surface area contributed by atoms with Crippen molar-refractivity contribution in [3.63, 3.8) is 0 Å². The third-order valence-electron chi connectivity index (χ3n) is 3.08. The minimum absolute atomic E-state index is 0.315. The molecule has 0 aliphatic rings. The molecule has 0 saturated carbocycles. The van der Waals surface area contributed by atoms with Gasteiger partial charge in [-0.1, -0.05) is 12.1 Å². The van der Waals surface area contributed by atoms with Gasteiger partial charge in [0.15, 0.2) is 0 Å². The molecule has 3 nitrogen and oxygen atoms in total. The second-order valence-corrected chi connectivity index (χ2v) is 5.12. The molecule has 1 N–H and O–H groups in total. The molecule has 0 spiro atoms. The molecular weight excluding hydrogens is 222 g/mol. The fourth-order valence-electron chi connectivity index (χ4n) is 1.90. The predicted molar refractivity (Wildman–Crippen MR) is 75.3 cm³/mol. The maximum absolute atomic E-state index is 8.76. The summed E-state index contributed by atoms with van der Waals surface area (Å²) in [5.74, 6) is 0. The Morgan fingerprint density at radius 1 is 1.22 bits per heavy atom. The van der Waals surface area contributed by atoms with Gasteiger partial charge in [0, 0.05) is 12.1 Å². The fourth-order valence-corrected chi connectivity index (χ4v) is 1.90. The van der Waals surface area contributed by atoms with Crippen molar-refractivity contribution in [3.05, 3.63) is 35.4 Å². The van der Waals surface area contributed by atoms with Crippen LogP contribution < -0.4 is 5.32 Å². The van der Waals surface area contributed by atoms with Gasteiger partial charge in [0.2, 0.25) is 0 Å². The number of nitriles is 1. The Morgan fingerprint density at radius 3 is 2.33 bits per heavy atom. The Kier molecular flexibility index (Phi) is 5.84. The number of nitrogens with zero attached hydrogens (tertiary/aromatic N) is 2. The Bertz CT molecular complexity index is 389. The molecule has 0 aliphatic heterocycles. The largest absolute Gasteiger partial charge is 0.309 e. The third kappa shape index (κ3) is 4.87. The van der Waals surface area contributed by atoms with Crippen molar-refractivity contribution in [2.24, 2.45) is 0 Å². The van der Waals surface area contributed by atoms with E-state index in [0.717, 1.165) is 13.0 Å². The first-order valence-electron chi connectivity index (χ1n) is 6.43. The molecule has 0 saturated heterocycles. The van der Waals surface area contributed by atoms with E-state index in [2.05, 4.69) is 44.2 Å². The maximum atomic E-state index is 8.76. The molecule has 2 unspecified atom stereocenters. The Balaban J connectivity index is 2.48. The molecule has 1 aromatic rings. The second kappa shape index (κ2) is 7.15. The first-order valence-corrected chi connectivity index (χ1v) is 6.43. The summed E-state index contributed by atoms with van der Waals surface area (Å²) in [5.41, 5.74) is 1.94. The van der Waals surface area contributed by atoms with E-state index in [9.17, 15) is 0 Å². The predicted octanol–water partition coefficient (Wildman–Crippen LogP) is 2.55. The topological polar surface area (TPSA) is 39.1 Å². The highest BCUT2D eigenvalue weighted by atomic mass is 15.1. The van der Waals surface area contributed by atoms with Gasteiger partial charge in [0.25, 0.3) is 0 Å². The highest BCUT2D eigenvalue weighted by molar-refractivity contribution is 5.32. The number of rotatable bonds is 6. The van der Waals surface area contributed by atoms with E-state index >= 15 is 0 Å². The SMILES string of the molecule is CC(CCN(C)C)NC(C)c1ccc(C#N)cc1. The lowest BCUT2D eigenvalue weighted by atomic mass is 10.1. The highest BCUT2D eigenvalue weighted by Gasteiger charge is 2.09. The van der Waals surface area contributed by atoms with E-state index in [1.165, 1.54) is 5.56 Å². The summed E-state index contributed by atoms with van der Waals surface area (Å²) < 4.78 is 0. The molecular formula is C15H23N3. The Hall–Kier alpha value is -1.37. The molecule has 1 aromatic carbocycles. The van der Waals surface area contributed by atoms with E-state index in [1.54, 1.807) is 0 Å². The Labute approximate surface area is 110 Å². The third-order valence-corrected chi connectivity index (χ3v) is 3.08. The molecule has 18 heavy (non-hydrogen) atoms. The monoisotopic (exact) mass is 245 g/mol. The van der Waals surface area contributed by atoms with Crippen molar-refractivity contribution < 1.29 is 0 Å². The lowest BCUT2D eigenvalue weighted by Crippen LogP contribution is -2.31. The van der Waals surface area contributed by atoms with Gasteiger partial charge in [-0.3, -0.25) is 0 Å². The lowest BCUT2D eigenvalue weighted by molar-refractivity contribution is 0.354. The van der Waals surface area contributed by atoms with Crippen molar-refractivity contribution in [2.45, 2.75) is 32.4 Å². The summed E-state index contributed by atoms with van der Waals surface area (Å²) in [6, 6.07) is 10.7. The quantitative estimate of drug-likeness (QED) is 0.837. The van der Waals surface area contributed by atoms with Gasteiger partial charge in [-0.2, -0.15) is 5.26 Å². The maximum Gasteiger partial charge on any atom is 0.0991 e. The zero-order valence-electron chi connectivity index (χ0n) is 11.8. The number of nitrogens with one attached hydrogen (secondary N) is 1. The molecule has 2 atom stereocenters. The number of benzene rings is 1. The van der Waals surface area contributed by atoms with Crippen molar-refractivity contribution in [3.8, 4) is 6.07 Å². The molecule has 1 rings (SSSR count). The summed E-state index contributed by atoms with van der Waals surface area (Å²) in [7, 11) is 4.19. The molecule has 0 radical (unpaired) electrons. The van der Waals surface area contributed by atoms with Crippen molar-refractivity contribution >= 4 is 0 Å². The smallest absolute Gasteiger partial charge is 0.0991 e. The van der Waals surface area contributed by atoms with Crippen molar-refractivity contribution in [1.29, 1.82) is 5.26 Å².